The minimum atomic E-state index is -1.01. The molecule has 42 heavy (non-hydrogen) atoms. The molecule has 3 N–H and O–H groups in total. The molecule has 5 rings (SSSR count). The van der Waals surface area contributed by atoms with Crippen molar-refractivity contribution in [1.29, 1.82) is 0 Å². The fraction of sp³-hybridized carbons (Fsp3) is 0. The lowest BCUT2D eigenvalue weighted by atomic mass is 10.1. The lowest BCUT2D eigenvalue weighted by molar-refractivity contribution is -0.136. The number of hydrogen-bond donors (Lipinski definition) is 3. The van der Waals surface area contributed by atoms with Gasteiger partial charge in [0.15, 0.2) is 0 Å². The first-order valence-corrected chi connectivity index (χ1v) is 13.8. The molecule has 11 heteroatoms. The predicted molar refractivity (Wildman–Crippen MR) is 167 cm³/mol. The van der Waals surface area contributed by atoms with Crippen molar-refractivity contribution >= 4 is 62.8 Å². The zero-order valence-corrected chi connectivity index (χ0v) is 24.1. The van der Waals surface area contributed by atoms with E-state index in [2.05, 4.69) is 37.1 Å². The predicted octanol–water partition coefficient (Wildman–Crippen LogP) is 6.30. The Morgan fingerprint density at radius 2 is 1.50 bits per heavy atom. The Morgan fingerprint density at radius 3 is 2.24 bits per heavy atom. The minimum Gasteiger partial charge on any atom is -0.322 e. The van der Waals surface area contributed by atoms with E-state index in [0.717, 1.165) is 15.7 Å². The number of para-hydroxylation sites is 2. The lowest BCUT2D eigenvalue weighted by Gasteiger charge is -2.11. The first-order chi connectivity index (χ1) is 20.4. The van der Waals surface area contributed by atoms with Gasteiger partial charge in [-0.25, -0.2) is 10.1 Å². The molecule has 9 nitrogen and oxygen atoms in total. The highest BCUT2D eigenvalue weighted by Crippen LogP contribution is 2.24. The maximum absolute atomic E-state index is 12.8. The summed E-state index contributed by atoms with van der Waals surface area (Å²) >= 11 is 9.34. The molecule has 0 aliphatic heterocycles. The van der Waals surface area contributed by atoms with E-state index in [1.165, 1.54) is 18.3 Å². The Bertz CT molecular complexity index is 1770. The summed E-state index contributed by atoms with van der Waals surface area (Å²) in [6.07, 6.45) is 3.19. The third-order valence-electron chi connectivity index (χ3n) is 5.98. The summed E-state index contributed by atoms with van der Waals surface area (Å²) in [5.41, 5.74) is 6.03. The van der Waals surface area contributed by atoms with Crippen LogP contribution in [0.15, 0.2) is 119 Å². The number of carbonyl (C=O) groups is 3. The molecule has 0 fully saturated rings. The van der Waals surface area contributed by atoms with Crippen LogP contribution >= 0.6 is 27.5 Å². The van der Waals surface area contributed by atoms with E-state index in [0.29, 0.717) is 22.0 Å². The second-order valence-electron chi connectivity index (χ2n) is 8.88. The van der Waals surface area contributed by atoms with Gasteiger partial charge in [0.25, 0.3) is 5.91 Å². The Hall–Kier alpha value is -5.06. The zero-order valence-electron chi connectivity index (χ0n) is 21.8. The van der Waals surface area contributed by atoms with Gasteiger partial charge in [-0.2, -0.15) is 10.2 Å². The van der Waals surface area contributed by atoms with Crippen LogP contribution in [-0.4, -0.2) is 33.7 Å². The van der Waals surface area contributed by atoms with E-state index < -0.39 is 17.7 Å². The molecule has 0 aliphatic carbocycles. The Labute approximate surface area is 254 Å². The summed E-state index contributed by atoms with van der Waals surface area (Å²) in [6.45, 7) is 0. The van der Waals surface area contributed by atoms with Gasteiger partial charge in [0.05, 0.1) is 23.2 Å². The van der Waals surface area contributed by atoms with Gasteiger partial charge in [0.2, 0.25) is 0 Å². The van der Waals surface area contributed by atoms with Crippen molar-refractivity contribution in [2.45, 2.75) is 0 Å². The first kappa shape index (κ1) is 28.5. The standard InChI is InChI=1S/C31H22BrClN6O3/c32-22-12-10-20(11-13-22)28-21(19-39(38-28)25-6-2-1-3-7-25)18-34-37-31(42)30(41)36-27-9-5-4-8-26(27)29(40)35-24-16-14-23(33)15-17-24/h1-19H,(H,35,40)(H,36,41)(H,37,42)/b34-18+. The van der Waals surface area contributed by atoms with Crippen molar-refractivity contribution in [2.24, 2.45) is 5.10 Å². The van der Waals surface area contributed by atoms with Crippen molar-refractivity contribution < 1.29 is 14.4 Å². The summed E-state index contributed by atoms with van der Waals surface area (Å²) in [7, 11) is 0. The molecule has 0 aliphatic rings. The van der Waals surface area contributed by atoms with Crippen LogP contribution in [0.5, 0.6) is 0 Å². The SMILES string of the molecule is O=C(N/N=C/c1cn(-c2ccccc2)nc1-c1ccc(Br)cc1)C(=O)Nc1ccccc1C(=O)Nc1ccc(Cl)cc1. The number of hydrogen-bond acceptors (Lipinski definition) is 5. The summed E-state index contributed by atoms with van der Waals surface area (Å²) in [4.78, 5) is 38.1. The maximum atomic E-state index is 12.8. The average molecular weight is 642 g/mol. The van der Waals surface area contributed by atoms with E-state index in [1.807, 2.05) is 54.6 Å². The number of nitrogens with one attached hydrogen (secondary N) is 3. The lowest BCUT2D eigenvalue weighted by Crippen LogP contribution is -2.33. The van der Waals surface area contributed by atoms with Gasteiger partial charge in [-0.05, 0) is 60.7 Å². The van der Waals surface area contributed by atoms with Gasteiger partial charge in [-0.1, -0.05) is 70.0 Å². The quantitative estimate of drug-likeness (QED) is 0.110. The first-order valence-electron chi connectivity index (χ1n) is 12.6. The second-order valence-corrected chi connectivity index (χ2v) is 10.2. The average Bonchev–Trinajstić information content (AvgIpc) is 3.43. The maximum Gasteiger partial charge on any atom is 0.329 e. The molecule has 0 unspecified atom stereocenters. The highest BCUT2D eigenvalue weighted by molar-refractivity contribution is 9.10. The summed E-state index contributed by atoms with van der Waals surface area (Å²) in [5.74, 6) is -2.48. The Balaban J connectivity index is 1.29. The van der Waals surface area contributed by atoms with Crippen LogP contribution in [0, 0.1) is 0 Å². The monoisotopic (exact) mass is 640 g/mol. The van der Waals surface area contributed by atoms with Gasteiger partial charge >= 0.3 is 11.8 Å². The van der Waals surface area contributed by atoms with Crippen LogP contribution < -0.4 is 16.1 Å². The molecule has 0 saturated heterocycles. The van der Waals surface area contributed by atoms with Crippen LogP contribution in [0.1, 0.15) is 15.9 Å². The molecule has 208 valence electrons. The number of hydrazone groups is 1. The van der Waals surface area contributed by atoms with E-state index in [9.17, 15) is 14.4 Å². The molecule has 0 radical (unpaired) electrons. The smallest absolute Gasteiger partial charge is 0.322 e. The number of benzene rings is 4. The van der Waals surface area contributed by atoms with Crippen molar-refractivity contribution in [1.82, 2.24) is 15.2 Å². The normalized spacial score (nSPS) is 10.8. The third-order valence-corrected chi connectivity index (χ3v) is 6.76. The zero-order chi connectivity index (χ0) is 29.5. The summed E-state index contributed by atoms with van der Waals surface area (Å²) in [5, 5.41) is 14.4. The highest BCUT2D eigenvalue weighted by Gasteiger charge is 2.18. The molecule has 0 spiro atoms. The molecule has 0 atom stereocenters. The van der Waals surface area contributed by atoms with Gasteiger partial charge in [0.1, 0.15) is 5.69 Å². The van der Waals surface area contributed by atoms with Gasteiger partial charge in [-0.15, -0.1) is 0 Å². The van der Waals surface area contributed by atoms with Gasteiger partial charge in [0, 0.05) is 32.5 Å². The number of rotatable bonds is 7. The summed E-state index contributed by atoms with van der Waals surface area (Å²) < 4.78 is 2.63. The third kappa shape index (κ3) is 6.98. The fourth-order valence-electron chi connectivity index (χ4n) is 3.94. The van der Waals surface area contributed by atoms with Crippen LogP contribution in [0.25, 0.3) is 16.9 Å². The van der Waals surface area contributed by atoms with E-state index in [-0.39, 0.29) is 11.3 Å². The molecule has 3 amide bonds. The molecule has 1 heterocycles. The molecular weight excluding hydrogens is 620 g/mol. The molecule has 1 aromatic heterocycles. The number of carbonyl (C=O) groups excluding carboxylic acids is 3. The number of nitrogens with zero attached hydrogens (tertiary/aromatic N) is 3. The van der Waals surface area contributed by atoms with Crippen molar-refractivity contribution in [3.05, 3.63) is 130 Å². The Morgan fingerprint density at radius 1 is 0.810 bits per heavy atom. The molecule has 0 bridgehead atoms. The van der Waals surface area contributed by atoms with E-state index in [1.54, 1.807) is 47.3 Å². The van der Waals surface area contributed by atoms with Crippen molar-refractivity contribution in [3.8, 4) is 16.9 Å². The molecule has 5 aromatic rings. The topological polar surface area (TPSA) is 117 Å². The molecular formula is C31H22BrClN6O3. The van der Waals surface area contributed by atoms with Crippen LogP contribution in [0.3, 0.4) is 0 Å². The molecule has 4 aromatic carbocycles. The minimum absolute atomic E-state index is 0.162. The van der Waals surface area contributed by atoms with Gasteiger partial charge in [-0.3, -0.25) is 14.4 Å². The van der Waals surface area contributed by atoms with Crippen molar-refractivity contribution in [3.63, 3.8) is 0 Å². The number of anilines is 2. The van der Waals surface area contributed by atoms with Crippen LogP contribution in [0.2, 0.25) is 5.02 Å². The largest absolute Gasteiger partial charge is 0.329 e. The number of halogens is 2. The highest BCUT2D eigenvalue weighted by atomic mass is 79.9. The van der Waals surface area contributed by atoms with E-state index in [4.69, 9.17) is 16.7 Å². The fourth-order valence-corrected chi connectivity index (χ4v) is 4.33. The van der Waals surface area contributed by atoms with Crippen LogP contribution in [-0.2, 0) is 9.59 Å². The van der Waals surface area contributed by atoms with Gasteiger partial charge < -0.3 is 10.6 Å². The second kappa shape index (κ2) is 13.1. The van der Waals surface area contributed by atoms with Crippen molar-refractivity contribution in [2.75, 3.05) is 10.6 Å². The molecule has 0 saturated carbocycles. The van der Waals surface area contributed by atoms with Crippen LogP contribution in [0.4, 0.5) is 11.4 Å². The Kier molecular flexibility index (Phi) is 8.86. The number of amides is 3. The summed E-state index contributed by atoms with van der Waals surface area (Å²) in [6, 6.07) is 30.1. The number of aromatic nitrogens is 2. The van der Waals surface area contributed by atoms with E-state index >= 15 is 0 Å².